The van der Waals surface area contributed by atoms with Gasteiger partial charge in [-0.25, -0.2) is 4.99 Å². The van der Waals surface area contributed by atoms with Gasteiger partial charge in [0.05, 0.1) is 13.2 Å². The van der Waals surface area contributed by atoms with Crippen LogP contribution in [-0.2, 0) is 28.9 Å². The van der Waals surface area contributed by atoms with Crippen LogP contribution in [0.2, 0.25) is 5.02 Å². The molecule has 0 fully saturated rings. The summed E-state index contributed by atoms with van der Waals surface area (Å²) in [6.07, 6.45) is 0.529. The molecule has 0 saturated heterocycles. The Balaban J connectivity index is 1.54. The number of ether oxygens (including phenoxy) is 2. The number of carbonyl (C=O) groups excluding carboxylic acids is 1. The number of carbonyl (C=O) groups is 1. The fraction of sp³-hybridized carbons (Fsp3) is 0.257. The lowest BCUT2D eigenvalue weighted by Gasteiger charge is -2.31. The first-order valence-electron chi connectivity index (χ1n) is 14.8. The zero-order valence-corrected chi connectivity index (χ0v) is 25.4. The molecule has 1 amide bonds. The van der Waals surface area contributed by atoms with E-state index in [1.54, 1.807) is 0 Å². The number of amides is 1. The summed E-state index contributed by atoms with van der Waals surface area (Å²) in [6, 6.07) is 32.0. The van der Waals surface area contributed by atoms with Crippen LogP contribution in [0.5, 0.6) is 5.75 Å². The van der Waals surface area contributed by atoms with Gasteiger partial charge < -0.3 is 19.9 Å². The van der Waals surface area contributed by atoms with Gasteiger partial charge in [0.1, 0.15) is 5.75 Å². The topological polar surface area (TPSA) is 129 Å². The predicted octanol–water partition coefficient (Wildman–Crippen LogP) is 6.77. The smallest absolute Gasteiger partial charge is 0.252 e. The summed E-state index contributed by atoms with van der Waals surface area (Å²) in [6.45, 7) is 0.938. The van der Waals surface area contributed by atoms with Crippen molar-refractivity contribution < 1.29 is 19.4 Å². The Morgan fingerprint density at radius 2 is 1.67 bits per heavy atom. The van der Waals surface area contributed by atoms with Gasteiger partial charge in [0, 0.05) is 41.5 Å². The van der Waals surface area contributed by atoms with E-state index in [-0.39, 0.29) is 25.5 Å². The summed E-state index contributed by atoms with van der Waals surface area (Å²) in [4.78, 5) is 22.5. The second-order valence-corrected chi connectivity index (χ2v) is 11.0. The van der Waals surface area contributed by atoms with E-state index in [9.17, 15) is 4.79 Å². The maximum atomic E-state index is 14.5. The first-order valence-corrected chi connectivity index (χ1v) is 15.2. The highest BCUT2D eigenvalue weighted by molar-refractivity contribution is 6.31. The minimum absolute atomic E-state index is 0.0537. The van der Waals surface area contributed by atoms with Gasteiger partial charge in [0.25, 0.3) is 5.91 Å². The average Bonchev–Trinajstić information content (AvgIpc) is 3.46. The molecule has 5 rings (SSSR count). The molecule has 45 heavy (non-hydrogen) atoms. The Hall–Kier alpha value is -4.82. The van der Waals surface area contributed by atoms with Gasteiger partial charge in [-0.15, -0.1) is 0 Å². The van der Waals surface area contributed by atoms with E-state index >= 15 is 0 Å². The van der Waals surface area contributed by atoms with Crippen LogP contribution in [0.1, 0.15) is 40.3 Å². The maximum absolute atomic E-state index is 14.5. The van der Waals surface area contributed by atoms with E-state index in [1.165, 1.54) is 0 Å². The van der Waals surface area contributed by atoms with Gasteiger partial charge in [-0.1, -0.05) is 89.5 Å². The largest absolute Gasteiger partial charge is 0.494 e. The van der Waals surface area contributed by atoms with Crippen LogP contribution in [0.25, 0.3) is 10.4 Å². The lowest BCUT2D eigenvalue weighted by atomic mass is 9.81. The molecule has 4 aromatic rings. The number of nitrogens with one attached hydrogen (secondary N) is 1. The molecule has 10 heteroatoms. The van der Waals surface area contributed by atoms with Crippen LogP contribution in [-0.4, -0.2) is 42.2 Å². The van der Waals surface area contributed by atoms with Crippen molar-refractivity contribution in [3.05, 3.63) is 146 Å². The SMILES string of the molecule is [N-]=[N+]=NCc1ccccc1C[C@@]1(C(=O)NCCc2ccccc2Cl)N=C(c2ccc(OCCCO)cc2)O[C@@H]1c1ccccc1. The van der Waals surface area contributed by atoms with E-state index in [4.69, 9.17) is 36.7 Å². The Morgan fingerprint density at radius 1 is 0.978 bits per heavy atom. The summed E-state index contributed by atoms with van der Waals surface area (Å²) >= 11 is 6.39. The number of hydrogen-bond acceptors (Lipinski definition) is 6. The van der Waals surface area contributed by atoms with E-state index in [0.717, 1.165) is 22.3 Å². The molecule has 230 valence electrons. The highest BCUT2D eigenvalue weighted by Crippen LogP contribution is 2.43. The first-order chi connectivity index (χ1) is 22.0. The molecule has 1 heterocycles. The minimum Gasteiger partial charge on any atom is -0.494 e. The predicted molar refractivity (Wildman–Crippen MR) is 174 cm³/mol. The third-order valence-corrected chi connectivity index (χ3v) is 8.02. The molecule has 4 aromatic carbocycles. The Labute approximate surface area is 267 Å². The summed E-state index contributed by atoms with van der Waals surface area (Å²) in [5.74, 6) is 0.696. The Morgan fingerprint density at radius 3 is 2.38 bits per heavy atom. The fourth-order valence-corrected chi connectivity index (χ4v) is 5.59. The number of hydrogen-bond donors (Lipinski definition) is 2. The molecule has 9 nitrogen and oxygen atoms in total. The molecule has 0 saturated carbocycles. The van der Waals surface area contributed by atoms with Gasteiger partial charge in [0.2, 0.25) is 5.90 Å². The normalized spacial score (nSPS) is 17.1. The van der Waals surface area contributed by atoms with Crippen molar-refractivity contribution in [1.29, 1.82) is 0 Å². The van der Waals surface area contributed by atoms with Crippen molar-refractivity contribution in [2.45, 2.75) is 37.5 Å². The molecule has 0 bridgehead atoms. The molecule has 0 aromatic heterocycles. The number of azide groups is 1. The van der Waals surface area contributed by atoms with Crippen LogP contribution in [0.3, 0.4) is 0 Å². The van der Waals surface area contributed by atoms with Crippen LogP contribution >= 0.6 is 11.6 Å². The van der Waals surface area contributed by atoms with Crippen molar-refractivity contribution in [3.8, 4) is 5.75 Å². The third kappa shape index (κ3) is 7.64. The third-order valence-electron chi connectivity index (χ3n) is 7.65. The molecule has 0 aliphatic carbocycles. The number of aliphatic imine (C=N–C) groups is 1. The molecular weight excluding hydrogens is 590 g/mol. The zero-order chi connectivity index (χ0) is 31.5. The van der Waals surface area contributed by atoms with Gasteiger partial charge in [-0.3, -0.25) is 4.79 Å². The first kappa shape index (κ1) is 31.6. The van der Waals surface area contributed by atoms with Gasteiger partial charge in [-0.2, -0.15) is 0 Å². The number of aliphatic hydroxyl groups excluding tert-OH is 1. The van der Waals surface area contributed by atoms with E-state index < -0.39 is 11.6 Å². The average molecular weight is 624 g/mol. The zero-order valence-electron chi connectivity index (χ0n) is 24.7. The van der Waals surface area contributed by atoms with Crippen molar-refractivity contribution in [3.63, 3.8) is 0 Å². The monoisotopic (exact) mass is 623 g/mol. The highest BCUT2D eigenvalue weighted by Gasteiger charge is 2.53. The molecular formula is C35H34ClN5O4. The molecule has 0 unspecified atom stereocenters. The fourth-order valence-electron chi connectivity index (χ4n) is 5.36. The number of aliphatic hydroxyl groups is 1. The molecule has 2 N–H and O–H groups in total. The number of halogens is 1. The Bertz CT molecular complexity index is 1680. The second kappa shape index (κ2) is 15.3. The number of rotatable bonds is 14. The lowest BCUT2D eigenvalue weighted by molar-refractivity contribution is -0.128. The second-order valence-electron chi connectivity index (χ2n) is 10.6. The summed E-state index contributed by atoms with van der Waals surface area (Å²) in [5.41, 5.74) is 11.7. The van der Waals surface area contributed by atoms with Crippen LogP contribution in [0.4, 0.5) is 0 Å². The maximum Gasteiger partial charge on any atom is 0.252 e. The van der Waals surface area contributed by atoms with Crippen molar-refractivity contribution in [2.75, 3.05) is 19.8 Å². The molecule has 2 atom stereocenters. The van der Waals surface area contributed by atoms with Crippen LogP contribution in [0, 0.1) is 0 Å². The van der Waals surface area contributed by atoms with Crippen LogP contribution in [0.15, 0.2) is 113 Å². The lowest BCUT2D eigenvalue weighted by Crippen LogP contribution is -2.50. The van der Waals surface area contributed by atoms with Crippen molar-refractivity contribution in [1.82, 2.24) is 5.32 Å². The van der Waals surface area contributed by atoms with Crippen LogP contribution < -0.4 is 10.1 Å². The van der Waals surface area contributed by atoms with Gasteiger partial charge >= 0.3 is 0 Å². The summed E-state index contributed by atoms with van der Waals surface area (Å²) in [7, 11) is 0. The summed E-state index contributed by atoms with van der Waals surface area (Å²) in [5, 5.41) is 16.6. The van der Waals surface area contributed by atoms with E-state index in [2.05, 4.69) is 15.3 Å². The van der Waals surface area contributed by atoms with Crippen molar-refractivity contribution in [2.24, 2.45) is 10.1 Å². The van der Waals surface area contributed by atoms with E-state index in [0.29, 0.717) is 48.2 Å². The minimum atomic E-state index is -1.39. The molecule has 1 aliphatic heterocycles. The highest BCUT2D eigenvalue weighted by atomic mass is 35.5. The quantitative estimate of drug-likeness (QED) is 0.0695. The number of benzene rings is 4. The molecule has 0 spiro atoms. The molecule has 1 aliphatic rings. The van der Waals surface area contributed by atoms with Gasteiger partial charge in [-0.05, 0) is 64.5 Å². The Kier molecular flexibility index (Phi) is 10.7. The number of nitrogens with zero attached hydrogens (tertiary/aromatic N) is 4. The summed E-state index contributed by atoms with van der Waals surface area (Å²) < 4.78 is 12.3. The molecule has 0 radical (unpaired) electrons. The van der Waals surface area contributed by atoms with E-state index in [1.807, 2.05) is 103 Å². The van der Waals surface area contributed by atoms with Gasteiger partial charge in [0.15, 0.2) is 11.6 Å². The standard InChI is InChI=1S/C35H34ClN5O4/c36-31-14-7-6-9-25(31)19-20-38-34(43)35(23-28-12-4-5-13-29(28)24-39-41-37)32(26-10-2-1-3-11-26)45-33(40-35)27-15-17-30(18-16-27)44-22-8-21-42/h1-7,9-18,32,42H,8,19-24H2,(H,38,43)/t32-,35-/m1/s1. The van der Waals surface area contributed by atoms with Crippen molar-refractivity contribution >= 4 is 23.4 Å².